The molecule has 0 fully saturated rings. The Hall–Kier alpha value is -2.19. The number of aromatic nitrogens is 3. The van der Waals surface area contributed by atoms with Crippen LogP contribution in [0.1, 0.15) is 29.9 Å². The fourth-order valence-electron chi connectivity index (χ4n) is 1.68. The first-order valence-electron chi connectivity index (χ1n) is 5.77. The molecule has 5 nitrogen and oxygen atoms in total. The Morgan fingerprint density at radius 3 is 2.67 bits per heavy atom. The number of nitriles is 1. The van der Waals surface area contributed by atoms with Gasteiger partial charge in [0.15, 0.2) is 0 Å². The fourth-order valence-corrected chi connectivity index (χ4v) is 1.68. The SMILES string of the molecule is CC(NCc1nncn1C)c1ccc(C#N)cc1. The Kier molecular flexibility index (Phi) is 3.70. The maximum atomic E-state index is 8.74. The van der Waals surface area contributed by atoms with Crippen LogP contribution in [0.3, 0.4) is 0 Å². The molecule has 0 aliphatic carbocycles. The minimum atomic E-state index is 0.203. The van der Waals surface area contributed by atoms with Crippen molar-refractivity contribution in [3.63, 3.8) is 0 Å². The van der Waals surface area contributed by atoms with Crippen molar-refractivity contribution < 1.29 is 0 Å². The molecule has 0 saturated carbocycles. The van der Waals surface area contributed by atoms with Gasteiger partial charge in [-0.1, -0.05) is 12.1 Å². The van der Waals surface area contributed by atoms with Gasteiger partial charge in [0, 0.05) is 13.1 Å². The first-order chi connectivity index (χ1) is 8.70. The fraction of sp³-hybridized carbons (Fsp3) is 0.308. The second-order valence-electron chi connectivity index (χ2n) is 4.19. The molecule has 1 N–H and O–H groups in total. The van der Waals surface area contributed by atoms with Gasteiger partial charge in [-0.3, -0.25) is 0 Å². The van der Waals surface area contributed by atoms with Gasteiger partial charge in [0.2, 0.25) is 0 Å². The molecule has 1 heterocycles. The highest BCUT2D eigenvalue weighted by Gasteiger charge is 2.07. The summed E-state index contributed by atoms with van der Waals surface area (Å²) in [5, 5.41) is 20.0. The number of hydrogen-bond donors (Lipinski definition) is 1. The van der Waals surface area contributed by atoms with Gasteiger partial charge in [-0.2, -0.15) is 5.26 Å². The van der Waals surface area contributed by atoms with Crippen molar-refractivity contribution in [3.8, 4) is 6.07 Å². The quantitative estimate of drug-likeness (QED) is 0.881. The summed E-state index contributed by atoms with van der Waals surface area (Å²) in [6.45, 7) is 2.75. The van der Waals surface area contributed by atoms with Crippen LogP contribution in [0.15, 0.2) is 30.6 Å². The normalized spacial score (nSPS) is 12.1. The molecule has 2 aromatic rings. The molecule has 1 aromatic carbocycles. The van der Waals surface area contributed by atoms with E-state index in [1.54, 1.807) is 6.33 Å². The summed E-state index contributed by atoms with van der Waals surface area (Å²) >= 11 is 0. The molecule has 0 amide bonds. The Morgan fingerprint density at radius 1 is 1.39 bits per heavy atom. The number of benzene rings is 1. The van der Waals surface area contributed by atoms with E-state index >= 15 is 0 Å². The van der Waals surface area contributed by atoms with Crippen LogP contribution in [0.2, 0.25) is 0 Å². The van der Waals surface area contributed by atoms with Crippen LogP contribution >= 0.6 is 0 Å². The lowest BCUT2D eigenvalue weighted by Gasteiger charge is -2.13. The second-order valence-corrected chi connectivity index (χ2v) is 4.19. The monoisotopic (exact) mass is 241 g/mol. The number of rotatable bonds is 4. The molecule has 18 heavy (non-hydrogen) atoms. The van der Waals surface area contributed by atoms with Gasteiger partial charge in [0.25, 0.3) is 0 Å². The van der Waals surface area contributed by atoms with Gasteiger partial charge in [-0.05, 0) is 24.6 Å². The number of nitrogens with one attached hydrogen (secondary N) is 1. The third-order valence-corrected chi connectivity index (χ3v) is 2.91. The van der Waals surface area contributed by atoms with E-state index in [1.807, 2.05) is 35.9 Å². The highest BCUT2D eigenvalue weighted by atomic mass is 15.3. The van der Waals surface area contributed by atoms with Crippen LogP contribution in [0, 0.1) is 11.3 Å². The molecule has 1 unspecified atom stereocenters. The van der Waals surface area contributed by atoms with Gasteiger partial charge in [-0.15, -0.1) is 10.2 Å². The molecule has 0 saturated heterocycles. The molecular weight excluding hydrogens is 226 g/mol. The third-order valence-electron chi connectivity index (χ3n) is 2.91. The number of nitrogens with zero attached hydrogens (tertiary/aromatic N) is 4. The van der Waals surface area contributed by atoms with Crippen molar-refractivity contribution in [1.82, 2.24) is 20.1 Å². The van der Waals surface area contributed by atoms with E-state index in [1.165, 1.54) is 0 Å². The topological polar surface area (TPSA) is 66.5 Å². The van der Waals surface area contributed by atoms with Crippen molar-refractivity contribution in [3.05, 3.63) is 47.5 Å². The average Bonchev–Trinajstić information content (AvgIpc) is 2.81. The summed E-state index contributed by atoms with van der Waals surface area (Å²) in [5.41, 5.74) is 1.83. The molecule has 0 radical (unpaired) electrons. The minimum Gasteiger partial charge on any atom is -0.320 e. The Labute approximate surface area is 106 Å². The lowest BCUT2D eigenvalue weighted by molar-refractivity contribution is 0.548. The van der Waals surface area contributed by atoms with Crippen molar-refractivity contribution in [2.24, 2.45) is 7.05 Å². The summed E-state index contributed by atoms with van der Waals surface area (Å²) in [6.07, 6.45) is 1.68. The second kappa shape index (κ2) is 5.43. The molecule has 0 aliphatic rings. The van der Waals surface area contributed by atoms with Crippen LogP contribution in [0.5, 0.6) is 0 Å². The van der Waals surface area contributed by atoms with Crippen LogP contribution in [0.25, 0.3) is 0 Å². The number of hydrogen-bond acceptors (Lipinski definition) is 4. The van der Waals surface area contributed by atoms with Crippen LogP contribution in [-0.2, 0) is 13.6 Å². The maximum absolute atomic E-state index is 8.74. The van der Waals surface area contributed by atoms with Crippen molar-refractivity contribution in [2.75, 3.05) is 0 Å². The first kappa shape index (κ1) is 12.3. The highest BCUT2D eigenvalue weighted by Crippen LogP contribution is 2.13. The Balaban J connectivity index is 1.97. The third kappa shape index (κ3) is 2.73. The minimum absolute atomic E-state index is 0.203. The zero-order valence-corrected chi connectivity index (χ0v) is 10.5. The van der Waals surface area contributed by atoms with E-state index in [9.17, 15) is 0 Å². The molecule has 0 spiro atoms. The van der Waals surface area contributed by atoms with Crippen molar-refractivity contribution in [1.29, 1.82) is 5.26 Å². The molecule has 0 bridgehead atoms. The largest absolute Gasteiger partial charge is 0.320 e. The maximum Gasteiger partial charge on any atom is 0.146 e. The highest BCUT2D eigenvalue weighted by molar-refractivity contribution is 5.32. The molecule has 2 rings (SSSR count). The number of aryl methyl sites for hydroxylation is 1. The lowest BCUT2D eigenvalue weighted by atomic mass is 10.1. The van der Waals surface area contributed by atoms with Gasteiger partial charge < -0.3 is 9.88 Å². The molecule has 92 valence electrons. The van der Waals surface area contributed by atoms with Gasteiger partial charge >= 0.3 is 0 Å². The Bertz CT molecular complexity index is 550. The summed E-state index contributed by atoms with van der Waals surface area (Å²) in [5.74, 6) is 0.899. The summed E-state index contributed by atoms with van der Waals surface area (Å²) < 4.78 is 1.89. The van der Waals surface area contributed by atoms with E-state index in [-0.39, 0.29) is 6.04 Å². The van der Waals surface area contributed by atoms with Crippen LogP contribution < -0.4 is 5.32 Å². The van der Waals surface area contributed by atoms with Crippen LogP contribution in [0.4, 0.5) is 0 Å². The summed E-state index contributed by atoms with van der Waals surface area (Å²) in [4.78, 5) is 0. The first-order valence-corrected chi connectivity index (χ1v) is 5.77. The van der Waals surface area contributed by atoms with E-state index in [0.29, 0.717) is 12.1 Å². The average molecular weight is 241 g/mol. The van der Waals surface area contributed by atoms with Crippen molar-refractivity contribution in [2.45, 2.75) is 19.5 Å². The standard InChI is InChI=1S/C13H15N5/c1-10(12-5-3-11(7-14)4-6-12)15-8-13-17-16-9-18(13)2/h3-6,9-10,15H,8H2,1-2H3. The van der Waals surface area contributed by atoms with Gasteiger partial charge in [-0.25, -0.2) is 0 Å². The van der Waals surface area contributed by atoms with E-state index in [0.717, 1.165) is 11.4 Å². The smallest absolute Gasteiger partial charge is 0.146 e. The summed E-state index contributed by atoms with van der Waals surface area (Å²) in [6, 6.07) is 9.90. The van der Waals surface area contributed by atoms with Gasteiger partial charge in [0.05, 0.1) is 18.2 Å². The zero-order chi connectivity index (χ0) is 13.0. The van der Waals surface area contributed by atoms with Gasteiger partial charge in [0.1, 0.15) is 12.2 Å². The molecule has 0 aliphatic heterocycles. The summed E-state index contributed by atoms with van der Waals surface area (Å²) in [7, 11) is 1.92. The van der Waals surface area contributed by atoms with E-state index in [2.05, 4.69) is 28.5 Å². The predicted octanol–water partition coefficient (Wildman–Crippen LogP) is 1.54. The zero-order valence-electron chi connectivity index (χ0n) is 10.5. The Morgan fingerprint density at radius 2 is 2.11 bits per heavy atom. The molecule has 1 atom stereocenters. The van der Waals surface area contributed by atoms with E-state index in [4.69, 9.17) is 5.26 Å². The van der Waals surface area contributed by atoms with E-state index < -0.39 is 0 Å². The molecular formula is C13H15N5. The van der Waals surface area contributed by atoms with Crippen molar-refractivity contribution >= 4 is 0 Å². The molecule has 5 heteroatoms. The predicted molar refractivity (Wildman–Crippen MR) is 67.4 cm³/mol. The lowest BCUT2D eigenvalue weighted by Crippen LogP contribution is -2.20. The molecule has 1 aromatic heterocycles. The van der Waals surface area contributed by atoms with Crippen LogP contribution in [-0.4, -0.2) is 14.8 Å².